The van der Waals surface area contributed by atoms with Crippen LogP contribution in [0.4, 0.5) is 21.9 Å². The van der Waals surface area contributed by atoms with Crippen molar-refractivity contribution < 1.29 is 4.79 Å². The highest BCUT2D eigenvalue weighted by Crippen LogP contribution is 2.33. The lowest BCUT2D eigenvalue weighted by molar-refractivity contribution is 0.208. The molecule has 2 aromatic carbocycles. The van der Waals surface area contributed by atoms with E-state index in [2.05, 4.69) is 15.1 Å². The third-order valence-electron chi connectivity index (χ3n) is 5.76. The zero-order chi connectivity index (χ0) is 21.1. The van der Waals surface area contributed by atoms with Crippen molar-refractivity contribution in [3.05, 3.63) is 52.0 Å². The van der Waals surface area contributed by atoms with Gasteiger partial charge in [-0.3, -0.25) is 4.90 Å². The standard InChI is InChI=1S/C22H27Cl2N5O/c23-19-13-16(15-27-7-1-2-8-27)14-20(24)21(19)26-22(30)29-11-9-28(10-12-29)18-5-3-17(25)4-6-18/h3-6,13-14H,1-2,7-12,15,25H2,(H,26,30). The summed E-state index contributed by atoms with van der Waals surface area (Å²) < 4.78 is 0. The van der Waals surface area contributed by atoms with E-state index in [9.17, 15) is 4.79 Å². The molecule has 0 spiro atoms. The first kappa shape index (κ1) is 21.1. The molecule has 0 saturated carbocycles. The van der Waals surface area contributed by atoms with Crippen molar-refractivity contribution in [2.45, 2.75) is 19.4 Å². The number of likely N-dealkylation sites (tertiary alicyclic amines) is 1. The summed E-state index contributed by atoms with van der Waals surface area (Å²) in [7, 11) is 0. The fraction of sp³-hybridized carbons (Fsp3) is 0.409. The molecule has 0 atom stereocenters. The third kappa shape index (κ3) is 4.94. The predicted octanol–water partition coefficient (Wildman–Crippen LogP) is 4.53. The Kier molecular flexibility index (Phi) is 6.56. The molecule has 6 nitrogen and oxygen atoms in total. The summed E-state index contributed by atoms with van der Waals surface area (Å²) in [4.78, 5) is 19.2. The van der Waals surface area contributed by atoms with Crippen LogP contribution >= 0.6 is 23.2 Å². The summed E-state index contributed by atoms with van der Waals surface area (Å²) in [6.45, 7) is 5.81. The maximum Gasteiger partial charge on any atom is 0.322 e. The van der Waals surface area contributed by atoms with Crippen LogP contribution in [-0.2, 0) is 6.54 Å². The maximum absolute atomic E-state index is 12.8. The number of hydrogen-bond acceptors (Lipinski definition) is 4. The van der Waals surface area contributed by atoms with Crippen molar-refractivity contribution in [1.29, 1.82) is 0 Å². The summed E-state index contributed by atoms with van der Waals surface area (Å²) in [6, 6.07) is 11.4. The van der Waals surface area contributed by atoms with Crippen LogP contribution in [0.15, 0.2) is 36.4 Å². The van der Waals surface area contributed by atoms with Gasteiger partial charge in [-0.25, -0.2) is 4.79 Å². The Labute approximate surface area is 187 Å². The van der Waals surface area contributed by atoms with Gasteiger partial charge >= 0.3 is 6.03 Å². The molecule has 0 aromatic heterocycles. The Hall–Kier alpha value is -2.15. The Bertz CT molecular complexity index is 868. The van der Waals surface area contributed by atoms with Gasteiger partial charge in [0.1, 0.15) is 0 Å². The van der Waals surface area contributed by atoms with Gasteiger partial charge in [-0.1, -0.05) is 23.2 Å². The smallest absolute Gasteiger partial charge is 0.322 e. The van der Waals surface area contributed by atoms with Crippen LogP contribution in [0.25, 0.3) is 0 Å². The van der Waals surface area contributed by atoms with Gasteiger partial charge in [-0.15, -0.1) is 0 Å². The van der Waals surface area contributed by atoms with Crippen molar-refractivity contribution in [3.63, 3.8) is 0 Å². The summed E-state index contributed by atoms with van der Waals surface area (Å²) in [5.41, 5.74) is 9.18. The molecule has 2 heterocycles. The second kappa shape index (κ2) is 9.33. The van der Waals surface area contributed by atoms with Gasteiger partial charge in [-0.05, 0) is 67.9 Å². The average molecular weight is 448 g/mol. The SMILES string of the molecule is Nc1ccc(N2CCN(C(=O)Nc3c(Cl)cc(CN4CCCC4)cc3Cl)CC2)cc1. The monoisotopic (exact) mass is 447 g/mol. The number of benzene rings is 2. The van der Waals surface area contributed by atoms with Crippen molar-refractivity contribution in [3.8, 4) is 0 Å². The topological polar surface area (TPSA) is 64.8 Å². The first-order valence-electron chi connectivity index (χ1n) is 10.4. The minimum Gasteiger partial charge on any atom is -0.399 e. The highest BCUT2D eigenvalue weighted by atomic mass is 35.5. The van der Waals surface area contributed by atoms with Gasteiger partial charge in [0.15, 0.2) is 0 Å². The molecule has 2 aromatic rings. The summed E-state index contributed by atoms with van der Waals surface area (Å²) >= 11 is 12.9. The lowest BCUT2D eigenvalue weighted by Gasteiger charge is -2.36. The number of rotatable bonds is 4. The van der Waals surface area contributed by atoms with Gasteiger partial charge < -0.3 is 20.9 Å². The van der Waals surface area contributed by atoms with E-state index in [1.807, 2.05) is 36.4 Å². The van der Waals surface area contributed by atoms with E-state index in [0.717, 1.165) is 49.7 Å². The second-order valence-electron chi connectivity index (χ2n) is 7.91. The fourth-order valence-electron chi connectivity index (χ4n) is 4.07. The summed E-state index contributed by atoms with van der Waals surface area (Å²) in [5.74, 6) is 0. The van der Waals surface area contributed by atoms with Gasteiger partial charge in [-0.2, -0.15) is 0 Å². The Balaban J connectivity index is 1.35. The van der Waals surface area contributed by atoms with Crippen LogP contribution in [-0.4, -0.2) is 55.1 Å². The molecule has 0 unspecified atom stereocenters. The number of nitrogens with zero attached hydrogens (tertiary/aromatic N) is 3. The molecule has 30 heavy (non-hydrogen) atoms. The zero-order valence-electron chi connectivity index (χ0n) is 16.9. The average Bonchev–Trinajstić information content (AvgIpc) is 3.24. The number of hydrogen-bond donors (Lipinski definition) is 2. The normalized spacial score (nSPS) is 17.4. The van der Waals surface area contributed by atoms with E-state index in [1.54, 1.807) is 4.90 Å². The molecule has 2 amide bonds. The Morgan fingerprint density at radius 1 is 0.933 bits per heavy atom. The van der Waals surface area contributed by atoms with Crippen LogP contribution in [0.2, 0.25) is 10.0 Å². The number of carbonyl (C=O) groups excluding carboxylic acids is 1. The van der Waals surface area contributed by atoms with E-state index < -0.39 is 0 Å². The number of anilines is 3. The van der Waals surface area contributed by atoms with Gasteiger partial charge in [0.2, 0.25) is 0 Å². The first-order valence-corrected chi connectivity index (χ1v) is 11.1. The van der Waals surface area contributed by atoms with Gasteiger partial charge in [0.25, 0.3) is 0 Å². The molecule has 3 N–H and O–H groups in total. The molecule has 2 saturated heterocycles. The van der Waals surface area contributed by atoms with E-state index in [0.29, 0.717) is 28.8 Å². The van der Waals surface area contributed by atoms with E-state index in [4.69, 9.17) is 28.9 Å². The molecule has 4 rings (SSSR count). The quantitative estimate of drug-likeness (QED) is 0.675. The Morgan fingerprint density at radius 3 is 2.13 bits per heavy atom. The van der Waals surface area contributed by atoms with Crippen LogP contribution < -0.4 is 16.0 Å². The van der Waals surface area contributed by atoms with Crippen LogP contribution in [0.3, 0.4) is 0 Å². The number of nitrogens with one attached hydrogen (secondary N) is 1. The van der Waals surface area contributed by atoms with Crippen LogP contribution in [0.5, 0.6) is 0 Å². The molecule has 0 radical (unpaired) electrons. The maximum atomic E-state index is 12.8. The van der Waals surface area contributed by atoms with Crippen molar-refractivity contribution >= 4 is 46.3 Å². The zero-order valence-corrected chi connectivity index (χ0v) is 18.4. The van der Waals surface area contributed by atoms with E-state index >= 15 is 0 Å². The highest BCUT2D eigenvalue weighted by Gasteiger charge is 2.23. The number of halogens is 2. The van der Waals surface area contributed by atoms with Crippen molar-refractivity contribution in [2.24, 2.45) is 0 Å². The molecule has 2 fully saturated rings. The molecule has 0 aliphatic carbocycles. The van der Waals surface area contributed by atoms with Crippen molar-refractivity contribution in [2.75, 3.05) is 55.2 Å². The predicted molar refractivity (Wildman–Crippen MR) is 125 cm³/mol. The lowest BCUT2D eigenvalue weighted by atomic mass is 10.2. The van der Waals surface area contributed by atoms with E-state index in [1.165, 1.54) is 12.8 Å². The number of nitrogens with two attached hydrogens (primary N) is 1. The first-order chi connectivity index (χ1) is 14.5. The van der Waals surface area contributed by atoms with Gasteiger partial charge in [0, 0.05) is 44.1 Å². The molecule has 0 bridgehead atoms. The van der Waals surface area contributed by atoms with E-state index in [-0.39, 0.29) is 6.03 Å². The second-order valence-corrected chi connectivity index (χ2v) is 8.73. The largest absolute Gasteiger partial charge is 0.399 e. The minimum atomic E-state index is -0.178. The molecule has 2 aliphatic rings. The molecule has 2 aliphatic heterocycles. The van der Waals surface area contributed by atoms with Crippen LogP contribution in [0.1, 0.15) is 18.4 Å². The number of nitrogen functional groups attached to an aromatic ring is 1. The number of urea groups is 1. The highest BCUT2D eigenvalue weighted by molar-refractivity contribution is 6.39. The molecule has 160 valence electrons. The molecular weight excluding hydrogens is 421 g/mol. The molecular formula is C22H27Cl2N5O. The Morgan fingerprint density at radius 2 is 1.53 bits per heavy atom. The number of amides is 2. The van der Waals surface area contributed by atoms with Crippen molar-refractivity contribution in [1.82, 2.24) is 9.80 Å². The third-order valence-corrected chi connectivity index (χ3v) is 6.36. The molecule has 8 heteroatoms. The fourth-order valence-corrected chi connectivity index (χ4v) is 4.70. The summed E-state index contributed by atoms with van der Waals surface area (Å²) in [5, 5.41) is 3.86. The number of carbonyl (C=O) groups is 1. The van der Waals surface area contributed by atoms with Crippen LogP contribution in [0, 0.1) is 0 Å². The van der Waals surface area contributed by atoms with Gasteiger partial charge in [0.05, 0.1) is 15.7 Å². The lowest BCUT2D eigenvalue weighted by Crippen LogP contribution is -2.50. The minimum absolute atomic E-state index is 0.178. The summed E-state index contributed by atoms with van der Waals surface area (Å²) in [6.07, 6.45) is 2.47. The number of piperazine rings is 1.